The highest BCUT2D eigenvalue weighted by atomic mass is 32.2. The van der Waals surface area contributed by atoms with Gasteiger partial charge in [0.05, 0.1) is 11.4 Å². The molecule has 2 aromatic carbocycles. The number of para-hydroxylation sites is 1. The Labute approximate surface area is 227 Å². The Balaban J connectivity index is 1.96. The number of ether oxygens (including phenoxy) is 1. The van der Waals surface area contributed by atoms with Crippen LogP contribution >= 0.6 is 0 Å². The topological polar surface area (TPSA) is 133 Å². The van der Waals surface area contributed by atoms with Gasteiger partial charge in [0.25, 0.3) is 0 Å². The number of carbonyl (C=O) groups is 3. The molecule has 0 aliphatic carbocycles. The molecule has 1 aliphatic rings. The Hall–Kier alpha value is -3.93. The third-order valence-electron chi connectivity index (χ3n) is 5.78. The summed E-state index contributed by atoms with van der Waals surface area (Å²) in [7, 11) is -2.86. The van der Waals surface area contributed by atoms with Crippen molar-refractivity contribution in [3.05, 3.63) is 48.3 Å². The lowest BCUT2D eigenvalue weighted by Crippen LogP contribution is -2.44. The number of nitrogens with one attached hydrogen (secondary N) is 1. The maximum atomic E-state index is 15.4. The first-order valence-electron chi connectivity index (χ1n) is 12.2. The summed E-state index contributed by atoms with van der Waals surface area (Å²) in [4.78, 5) is 38.8. The monoisotopic (exact) mass is 561 g/mol. The number of nitrogens with zero attached hydrogens (tertiary/aromatic N) is 2. The molecular formula is C27H32FN3O7S. The highest BCUT2D eigenvalue weighted by molar-refractivity contribution is 7.73. The van der Waals surface area contributed by atoms with Crippen LogP contribution in [-0.2, 0) is 19.8 Å². The van der Waals surface area contributed by atoms with Gasteiger partial charge in [0.2, 0.25) is 16.2 Å². The highest BCUT2D eigenvalue weighted by Gasteiger charge is 2.36. The zero-order valence-electron chi connectivity index (χ0n) is 22.6. The quantitative estimate of drug-likeness (QED) is 0.519. The summed E-state index contributed by atoms with van der Waals surface area (Å²) in [6, 6.07) is 9.34. The molecule has 2 N–H and O–H groups in total. The first-order chi connectivity index (χ1) is 18.0. The van der Waals surface area contributed by atoms with Crippen molar-refractivity contribution in [1.82, 2.24) is 5.32 Å². The third kappa shape index (κ3) is 6.75. The van der Waals surface area contributed by atoms with Gasteiger partial charge >= 0.3 is 12.2 Å². The maximum Gasteiger partial charge on any atom is 0.417 e. The molecule has 10 nitrogen and oxygen atoms in total. The molecule has 0 aromatic heterocycles. The summed E-state index contributed by atoms with van der Waals surface area (Å²) in [5.74, 6) is -1.24. The van der Waals surface area contributed by atoms with Crippen LogP contribution in [-0.4, -0.2) is 54.8 Å². The Kier molecular flexibility index (Phi) is 8.39. The summed E-state index contributed by atoms with van der Waals surface area (Å²) >= 11 is 0. The molecule has 1 saturated heterocycles. The van der Waals surface area contributed by atoms with Gasteiger partial charge in [-0.1, -0.05) is 45.0 Å². The molecule has 3 rings (SSSR count). The minimum absolute atomic E-state index is 0.00702. The second-order valence-corrected chi connectivity index (χ2v) is 11.9. The van der Waals surface area contributed by atoms with E-state index in [9.17, 15) is 27.9 Å². The molecule has 3 amide bonds. The number of alkyl carbamates (subject to hydrolysis) is 1. The molecule has 1 atom stereocenters. The fraction of sp³-hybridized carbons (Fsp3) is 0.407. The number of amides is 3. The number of carboxylic acid groups (broad SMARTS) is 1. The van der Waals surface area contributed by atoms with E-state index in [1.54, 1.807) is 59.7 Å². The second-order valence-electron chi connectivity index (χ2n) is 11.1. The van der Waals surface area contributed by atoms with Crippen LogP contribution in [0.2, 0.25) is 0 Å². The van der Waals surface area contributed by atoms with Gasteiger partial charge in [0, 0.05) is 17.5 Å². The Morgan fingerprint density at radius 3 is 2.28 bits per heavy atom. The Morgan fingerprint density at radius 2 is 1.74 bits per heavy atom. The molecule has 39 heavy (non-hydrogen) atoms. The smallest absolute Gasteiger partial charge is 0.417 e. The van der Waals surface area contributed by atoms with E-state index in [0.29, 0.717) is 4.90 Å². The van der Waals surface area contributed by atoms with Crippen LogP contribution in [0.3, 0.4) is 0 Å². The van der Waals surface area contributed by atoms with E-state index in [4.69, 9.17) is 4.74 Å². The number of anilines is 2. The Bertz CT molecular complexity index is 1430. The molecule has 1 heterocycles. The predicted molar refractivity (Wildman–Crippen MR) is 146 cm³/mol. The first kappa shape index (κ1) is 29.6. The standard InChI is InChI=1S/C27H32FN3O7S/c1-26(2,3)23(39(36)37)31(25(34)35)20-10-8-7-9-17(20)16-11-12-21(18(28)15-16)30-14-13-19(22(30)32)29-24(33)38-27(4,5)6/h7-12,15,19H,13-14H2,1-6H3,(H,29,33)(H,34,35)/t19-/m0/s1. The van der Waals surface area contributed by atoms with Crippen molar-refractivity contribution in [2.75, 3.05) is 16.3 Å². The zero-order chi connectivity index (χ0) is 29.3. The molecule has 0 saturated carbocycles. The van der Waals surface area contributed by atoms with Crippen LogP contribution < -0.4 is 15.1 Å². The summed E-state index contributed by atoms with van der Waals surface area (Å²) in [6.45, 7) is 9.97. The number of halogens is 1. The van der Waals surface area contributed by atoms with Crippen LogP contribution in [0.1, 0.15) is 48.0 Å². The average molecular weight is 562 g/mol. The second kappa shape index (κ2) is 11.0. The maximum absolute atomic E-state index is 15.4. The van der Waals surface area contributed by atoms with Gasteiger partial charge in [-0.3, -0.25) is 4.79 Å². The van der Waals surface area contributed by atoms with Gasteiger partial charge in [0.15, 0.2) is 4.99 Å². The van der Waals surface area contributed by atoms with Crippen LogP contribution in [0.15, 0.2) is 42.5 Å². The van der Waals surface area contributed by atoms with E-state index < -0.39 is 51.3 Å². The molecule has 0 radical (unpaired) electrons. The molecule has 1 fully saturated rings. The zero-order valence-corrected chi connectivity index (χ0v) is 23.4. The minimum atomic E-state index is -2.86. The van der Waals surface area contributed by atoms with E-state index in [-0.39, 0.29) is 40.5 Å². The molecular weight excluding hydrogens is 529 g/mol. The normalized spacial score (nSPS) is 15.6. The molecule has 1 aliphatic heterocycles. The molecule has 0 bridgehead atoms. The van der Waals surface area contributed by atoms with Gasteiger partial charge < -0.3 is 20.1 Å². The van der Waals surface area contributed by atoms with Crippen LogP contribution in [0, 0.1) is 11.2 Å². The van der Waals surface area contributed by atoms with E-state index >= 15 is 4.39 Å². The van der Waals surface area contributed by atoms with E-state index in [0.717, 1.165) is 6.07 Å². The minimum Gasteiger partial charge on any atom is -0.464 e. The Morgan fingerprint density at radius 1 is 1.10 bits per heavy atom. The lowest BCUT2D eigenvalue weighted by molar-refractivity contribution is -0.118. The van der Waals surface area contributed by atoms with Gasteiger partial charge in [0.1, 0.15) is 17.5 Å². The average Bonchev–Trinajstić information content (AvgIpc) is 3.14. The lowest BCUT2D eigenvalue weighted by Gasteiger charge is -2.29. The van der Waals surface area contributed by atoms with Gasteiger partial charge in [-0.2, -0.15) is 8.42 Å². The summed E-state index contributed by atoms with van der Waals surface area (Å²) in [5, 5.41) is 12.5. The number of rotatable bonds is 4. The van der Waals surface area contributed by atoms with Gasteiger partial charge in [-0.15, -0.1) is 0 Å². The fourth-order valence-electron chi connectivity index (χ4n) is 4.27. The summed E-state index contributed by atoms with van der Waals surface area (Å²) in [6.07, 6.45) is -2.00. The van der Waals surface area contributed by atoms with E-state index in [2.05, 4.69) is 5.32 Å². The number of benzene rings is 2. The van der Waals surface area contributed by atoms with Crippen molar-refractivity contribution in [1.29, 1.82) is 0 Å². The molecule has 210 valence electrons. The number of carbonyl (C=O) groups excluding carboxylic acids is 2. The van der Waals surface area contributed by atoms with Crippen LogP contribution in [0.25, 0.3) is 11.1 Å². The largest absolute Gasteiger partial charge is 0.464 e. The molecule has 0 unspecified atom stereocenters. The van der Waals surface area contributed by atoms with Crippen molar-refractivity contribution < 1.29 is 37.0 Å². The summed E-state index contributed by atoms with van der Waals surface area (Å²) < 4.78 is 44.8. The van der Waals surface area contributed by atoms with E-state index in [1.807, 2.05) is 0 Å². The van der Waals surface area contributed by atoms with Crippen molar-refractivity contribution >= 4 is 44.8 Å². The number of hydrogen-bond donors (Lipinski definition) is 2. The SMILES string of the molecule is CC(C)(C)OC(=O)N[C@H]1CCN(c2ccc(-c3ccccc3N(C(=O)O)C(=S(=O)=O)C(C)(C)C)cc2F)C1=O. The summed E-state index contributed by atoms with van der Waals surface area (Å²) in [5.41, 5.74) is -1.22. The van der Waals surface area contributed by atoms with Crippen LogP contribution in [0.5, 0.6) is 0 Å². The van der Waals surface area contributed by atoms with Gasteiger partial charge in [-0.25, -0.2) is 18.9 Å². The van der Waals surface area contributed by atoms with Crippen molar-refractivity contribution in [3.63, 3.8) is 0 Å². The van der Waals surface area contributed by atoms with Crippen molar-refractivity contribution in [2.24, 2.45) is 5.41 Å². The fourth-order valence-corrected chi connectivity index (χ4v) is 5.09. The highest BCUT2D eigenvalue weighted by Crippen LogP contribution is 2.36. The molecule has 2 aromatic rings. The molecule has 12 heteroatoms. The van der Waals surface area contributed by atoms with Gasteiger partial charge in [-0.05, 0) is 51.0 Å². The van der Waals surface area contributed by atoms with Crippen molar-refractivity contribution in [3.8, 4) is 11.1 Å². The van der Waals surface area contributed by atoms with Crippen LogP contribution in [0.4, 0.5) is 25.4 Å². The predicted octanol–water partition coefficient (Wildman–Crippen LogP) is 4.66. The van der Waals surface area contributed by atoms with E-state index in [1.165, 1.54) is 23.1 Å². The lowest BCUT2D eigenvalue weighted by atomic mass is 9.94. The van der Waals surface area contributed by atoms with Crippen molar-refractivity contribution in [2.45, 2.75) is 59.6 Å². The molecule has 0 spiro atoms. The first-order valence-corrected chi connectivity index (χ1v) is 13.3. The third-order valence-corrected chi connectivity index (χ3v) is 6.90. The number of hydrogen-bond acceptors (Lipinski definition) is 6.